The van der Waals surface area contributed by atoms with Crippen molar-refractivity contribution < 1.29 is 20.5 Å². The molecule has 0 fully saturated rings. The Kier molecular flexibility index (Phi) is 6.65. The maximum Gasteiger partial charge on any atom is 0.337 e. The highest BCUT2D eigenvalue weighted by atomic mass is 16.4. The summed E-state index contributed by atoms with van der Waals surface area (Å²) in [5.41, 5.74) is 0.403. The van der Waals surface area contributed by atoms with Gasteiger partial charge in [-0.3, -0.25) is 0 Å². The molecular weight excluding hydrogens is 174 g/mol. The Balaban J connectivity index is 0. The van der Waals surface area contributed by atoms with Gasteiger partial charge >= 0.3 is 5.97 Å². The van der Waals surface area contributed by atoms with E-state index in [1.807, 2.05) is 0 Å². The molecule has 1 aromatic carbocycles. The van der Waals surface area contributed by atoms with Gasteiger partial charge in [-0.25, -0.2) is 4.79 Å². The predicted molar refractivity (Wildman–Crippen MR) is 47.7 cm³/mol. The summed E-state index contributed by atoms with van der Waals surface area (Å²) >= 11 is 0. The number of hydrogen-bond donors (Lipinski definition) is 3. The zero-order valence-electron chi connectivity index (χ0n) is 6.97. The summed E-state index contributed by atoms with van der Waals surface area (Å²) < 4.78 is 0. The molecule has 0 aliphatic rings. The molecule has 0 bridgehead atoms. The zero-order chi connectivity index (χ0) is 8.27. The second-order valence-electron chi connectivity index (χ2n) is 2.15. The zero-order valence-corrected chi connectivity index (χ0v) is 6.97. The van der Waals surface area contributed by atoms with E-state index in [1.54, 1.807) is 30.3 Å². The largest absolute Gasteiger partial charge is 0.479 e. The third kappa shape index (κ3) is 3.66. The van der Waals surface area contributed by atoms with Crippen molar-refractivity contribution in [3.05, 3.63) is 35.9 Å². The van der Waals surface area contributed by atoms with Crippen molar-refractivity contribution in [1.82, 2.24) is 6.15 Å². The lowest BCUT2D eigenvalue weighted by Gasteiger charge is -2.03. The highest BCUT2D eigenvalue weighted by Crippen LogP contribution is 2.10. The first-order chi connectivity index (χ1) is 5.22. The van der Waals surface area contributed by atoms with Crippen molar-refractivity contribution in [2.24, 2.45) is 0 Å². The van der Waals surface area contributed by atoms with E-state index in [2.05, 4.69) is 0 Å². The molecule has 0 aliphatic carbocycles. The van der Waals surface area contributed by atoms with E-state index < -0.39 is 12.1 Å². The molecule has 0 saturated carbocycles. The first kappa shape index (κ1) is 14.1. The van der Waals surface area contributed by atoms with E-state index in [0.717, 1.165) is 0 Å². The second kappa shape index (κ2) is 6.13. The monoisotopic (exact) mass is 187 g/mol. The van der Waals surface area contributed by atoms with Gasteiger partial charge in [0.1, 0.15) is 0 Å². The first-order valence-electron chi connectivity index (χ1n) is 3.17. The van der Waals surface area contributed by atoms with Crippen LogP contribution in [0.15, 0.2) is 30.3 Å². The fraction of sp³-hybridized carbons (Fsp3) is 0.125. The Hall–Kier alpha value is -1.43. The summed E-state index contributed by atoms with van der Waals surface area (Å²) in [5, 5.41) is 17.4. The van der Waals surface area contributed by atoms with Crippen molar-refractivity contribution in [3.8, 4) is 0 Å². The number of benzene rings is 1. The molecule has 1 atom stereocenters. The average Bonchev–Trinajstić information content (AvgIpc) is 2.05. The topological polar surface area (TPSA) is 124 Å². The lowest BCUT2D eigenvalue weighted by molar-refractivity contribution is -0.146. The van der Waals surface area contributed by atoms with Crippen LogP contribution in [0, 0.1) is 0 Å². The van der Waals surface area contributed by atoms with Crippen LogP contribution in [-0.2, 0) is 4.79 Å². The third-order valence-electron chi connectivity index (χ3n) is 1.35. The second-order valence-corrected chi connectivity index (χ2v) is 2.15. The van der Waals surface area contributed by atoms with Crippen LogP contribution in [0.3, 0.4) is 0 Å². The van der Waals surface area contributed by atoms with Crippen LogP contribution in [0.5, 0.6) is 0 Å². The Labute approximate surface area is 75.5 Å². The van der Waals surface area contributed by atoms with E-state index in [0.29, 0.717) is 5.56 Å². The molecule has 5 nitrogen and oxygen atoms in total. The van der Waals surface area contributed by atoms with Crippen molar-refractivity contribution in [3.63, 3.8) is 0 Å². The number of aliphatic hydroxyl groups excluding tert-OH is 1. The smallest absolute Gasteiger partial charge is 0.337 e. The third-order valence-corrected chi connectivity index (χ3v) is 1.35. The van der Waals surface area contributed by atoms with Crippen LogP contribution in [0.25, 0.3) is 0 Å². The van der Waals surface area contributed by atoms with Crippen LogP contribution < -0.4 is 6.15 Å². The van der Waals surface area contributed by atoms with E-state index in [-0.39, 0.29) is 11.6 Å². The number of carboxylic acid groups (broad SMARTS) is 1. The Morgan fingerprint density at radius 3 is 2.08 bits per heavy atom. The Morgan fingerprint density at radius 2 is 1.69 bits per heavy atom. The molecule has 0 saturated heterocycles. The standard InChI is InChI=1S/C8H8O3.H3N.H2O/c9-7(8(10)11)6-4-2-1-3-5-6;;/h1-5,7,9H,(H,10,11);1H3;1H2/t7-;;/m1../s1. The summed E-state index contributed by atoms with van der Waals surface area (Å²) in [6, 6.07) is 8.26. The fourth-order valence-electron chi connectivity index (χ4n) is 0.778. The van der Waals surface area contributed by atoms with Gasteiger partial charge in [0.15, 0.2) is 6.10 Å². The molecule has 74 valence electrons. The average molecular weight is 187 g/mol. The quantitative estimate of drug-likeness (QED) is 0.609. The van der Waals surface area contributed by atoms with Gasteiger partial charge in [0.2, 0.25) is 0 Å². The van der Waals surface area contributed by atoms with Crippen LogP contribution in [0.1, 0.15) is 11.7 Å². The lowest BCUT2D eigenvalue weighted by Crippen LogP contribution is -2.09. The van der Waals surface area contributed by atoms with Crippen molar-refractivity contribution >= 4 is 5.97 Å². The number of aliphatic carboxylic acids is 1. The first-order valence-corrected chi connectivity index (χ1v) is 3.17. The van der Waals surface area contributed by atoms with Gasteiger partial charge in [-0.1, -0.05) is 30.3 Å². The van der Waals surface area contributed by atoms with Crippen LogP contribution >= 0.6 is 0 Å². The molecule has 0 radical (unpaired) electrons. The molecule has 13 heavy (non-hydrogen) atoms. The van der Waals surface area contributed by atoms with Gasteiger partial charge in [-0.2, -0.15) is 0 Å². The lowest BCUT2D eigenvalue weighted by atomic mass is 10.1. The molecule has 5 heteroatoms. The normalized spacial score (nSPS) is 10.5. The number of aliphatic hydroxyl groups is 1. The number of carbonyl (C=O) groups is 1. The predicted octanol–water partition coefficient (Wildman–Crippen LogP) is 0.142. The molecule has 0 unspecified atom stereocenters. The van der Waals surface area contributed by atoms with Gasteiger partial charge in [-0.05, 0) is 5.56 Å². The summed E-state index contributed by atoms with van der Waals surface area (Å²) in [7, 11) is 0. The molecule has 1 rings (SSSR count). The van der Waals surface area contributed by atoms with Crippen molar-refractivity contribution in [1.29, 1.82) is 0 Å². The molecule has 0 spiro atoms. The summed E-state index contributed by atoms with van der Waals surface area (Å²) in [6.07, 6.45) is -1.41. The van der Waals surface area contributed by atoms with E-state index >= 15 is 0 Å². The van der Waals surface area contributed by atoms with Crippen molar-refractivity contribution in [2.45, 2.75) is 6.10 Å². The molecule has 0 heterocycles. The van der Waals surface area contributed by atoms with E-state index in [4.69, 9.17) is 10.2 Å². The van der Waals surface area contributed by atoms with Crippen LogP contribution in [-0.4, -0.2) is 21.7 Å². The molecule has 0 aliphatic heterocycles. The molecule has 7 N–H and O–H groups in total. The maximum absolute atomic E-state index is 10.2. The maximum atomic E-state index is 10.2. The number of carboxylic acids is 1. The van der Waals surface area contributed by atoms with Crippen LogP contribution in [0.2, 0.25) is 0 Å². The minimum Gasteiger partial charge on any atom is -0.479 e. The van der Waals surface area contributed by atoms with Gasteiger partial charge in [0.25, 0.3) is 0 Å². The summed E-state index contributed by atoms with van der Waals surface area (Å²) in [5.74, 6) is -1.23. The Bertz CT molecular complexity index is 250. The molecular formula is C8H13NO4. The fourth-order valence-corrected chi connectivity index (χ4v) is 0.778. The number of hydrogen-bond acceptors (Lipinski definition) is 3. The molecule has 0 aromatic heterocycles. The Morgan fingerprint density at radius 1 is 1.23 bits per heavy atom. The van der Waals surface area contributed by atoms with Crippen LogP contribution in [0.4, 0.5) is 0 Å². The minimum absolute atomic E-state index is 0. The van der Waals surface area contributed by atoms with Gasteiger partial charge in [0.05, 0.1) is 0 Å². The van der Waals surface area contributed by atoms with Crippen molar-refractivity contribution in [2.75, 3.05) is 0 Å². The molecule has 0 amide bonds. The van der Waals surface area contributed by atoms with E-state index in [9.17, 15) is 4.79 Å². The van der Waals surface area contributed by atoms with Gasteiger partial charge < -0.3 is 21.8 Å². The summed E-state index contributed by atoms with van der Waals surface area (Å²) in [4.78, 5) is 10.2. The minimum atomic E-state index is -1.41. The van der Waals surface area contributed by atoms with Gasteiger partial charge in [-0.15, -0.1) is 0 Å². The highest BCUT2D eigenvalue weighted by Gasteiger charge is 2.14. The van der Waals surface area contributed by atoms with Gasteiger partial charge in [0, 0.05) is 0 Å². The number of rotatable bonds is 2. The highest BCUT2D eigenvalue weighted by molar-refractivity contribution is 5.73. The molecule has 1 aromatic rings. The van der Waals surface area contributed by atoms with E-state index in [1.165, 1.54) is 0 Å². The SMILES string of the molecule is N.O.O=C(O)[C@H](O)c1ccccc1. The summed E-state index contributed by atoms with van der Waals surface area (Å²) in [6.45, 7) is 0.